The van der Waals surface area contributed by atoms with Crippen LogP contribution < -0.4 is 10.5 Å². The van der Waals surface area contributed by atoms with E-state index in [0.717, 1.165) is 5.56 Å². The fourth-order valence-corrected chi connectivity index (χ4v) is 3.29. The van der Waals surface area contributed by atoms with E-state index < -0.39 is 31.1 Å². The first-order valence-electron chi connectivity index (χ1n) is 9.28. The molecule has 0 bridgehead atoms. The number of hydrogen-bond acceptors (Lipinski definition) is 9. The lowest BCUT2D eigenvalue weighted by Crippen LogP contribution is -2.33. The van der Waals surface area contributed by atoms with Gasteiger partial charge in [-0.2, -0.15) is 9.97 Å². The number of aliphatic hydroxyl groups is 3. The van der Waals surface area contributed by atoms with E-state index in [1.54, 1.807) is 0 Å². The van der Waals surface area contributed by atoms with Crippen molar-refractivity contribution >= 4 is 17.0 Å². The standard InChI is InChI=1S/C19H23N5O5/c1-10-2-4-11(5-3-10)6-7-28-19-22-16(20)13-17(23-19)24(9-21-13)18-15(27)14(26)12(8-25)29-18/h2-5,9,12,14-15,18,25-27H,6-8H2,1H3,(H2,20,22,23)/t12-,14?,15+,18-/m1/s1. The molecule has 0 spiro atoms. The molecule has 3 heterocycles. The molecule has 10 nitrogen and oxygen atoms in total. The van der Waals surface area contributed by atoms with Gasteiger partial charge in [-0.05, 0) is 12.5 Å². The van der Waals surface area contributed by atoms with E-state index in [0.29, 0.717) is 24.2 Å². The highest BCUT2D eigenvalue weighted by atomic mass is 16.6. The third-order valence-corrected chi connectivity index (χ3v) is 4.96. The van der Waals surface area contributed by atoms with Crippen molar-refractivity contribution in [3.05, 3.63) is 41.7 Å². The van der Waals surface area contributed by atoms with Crippen LogP contribution in [0.25, 0.3) is 11.2 Å². The Morgan fingerprint density at radius 3 is 2.62 bits per heavy atom. The van der Waals surface area contributed by atoms with Crippen LogP contribution in [0.4, 0.5) is 5.82 Å². The number of ether oxygens (including phenoxy) is 2. The summed E-state index contributed by atoms with van der Waals surface area (Å²) in [5.74, 6) is 0.130. The van der Waals surface area contributed by atoms with Gasteiger partial charge in [0.05, 0.1) is 19.5 Å². The third kappa shape index (κ3) is 3.75. The Hall–Kier alpha value is -2.79. The fourth-order valence-electron chi connectivity index (χ4n) is 3.29. The lowest BCUT2D eigenvalue weighted by molar-refractivity contribution is -0.0511. The first-order chi connectivity index (χ1) is 14.0. The predicted molar refractivity (Wildman–Crippen MR) is 103 cm³/mol. The summed E-state index contributed by atoms with van der Waals surface area (Å²) in [4.78, 5) is 12.6. The van der Waals surface area contributed by atoms with Crippen molar-refractivity contribution in [1.29, 1.82) is 0 Å². The summed E-state index contributed by atoms with van der Waals surface area (Å²) in [6, 6.07) is 8.22. The quantitative estimate of drug-likeness (QED) is 0.446. The number of anilines is 1. The maximum atomic E-state index is 10.3. The molecule has 0 radical (unpaired) electrons. The van der Waals surface area contributed by atoms with Crippen LogP contribution in [0.3, 0.4) is 0 Å². The van der Waals surface area contributed by atoms with Gasteiger partial charge in [-0.3, -0.25) is 4.57 Å². The van der Waals surface area contributed by atoms with Crippen LogP contribution in [0, 0.1) is 6.92 Å². The second kappa shape index (κ2) is 7.91. The number of fused-ring (bicyclic) bond motifs is 1. The van der Waals surface area contributed by atoms with Gasteiger partial charge < -0.3 is 30.5 Å². The summed E-state index contributed by atoms with van der Waals surface area (Å²) in [5.41, 5.74) is 8.93. The molecule has 0 amide bonds. The van der Waals surface area contributed by atoms with Crippen LogP contribution in [0.1, 0.15) is 17.4 Å². The first kappa shape index (κ1) is 19.5. The average Bonchev–Trinajstić information content (AvgIpc) is 3.25. The molecule has 0 aliphatic carbocycles. The van der Waals surface area contributed by atoms with Crippen molar-refractivity contribution in [2.75, 3.05) is 18.9 Å². The normalized spacial score (nSPS) is 24.3. The van der Waals surface area contributed by atoms with Gasteiger partial charge in [0.2, 0.25) is 0 Å². The van der Waals surface area contributed by atoms with Crippen molar-refractivity contribution in [1.82, 2.24) is 19.5 Å². The topological polar surface area (TPSA) is 149 Å². The van der Waals surface area contributed by atoms with Crippen LogP contribution in [0.2, 0.25) is 0 Å². The second-order valence-electron chi connectivity index (χ2n) is 7.03. The van der Waals surface area contributed by atoms with Gasteiger partial charge >= 0.3 is 6.01 Å². The summed E-state index contributed by atoms with van der Waals surface area (Å²) >= 11 is 0. The Bertz CT molecular complexity index is 993. The molecule has 1 aromatic carbocycles. The summed E-state index contributed by atoms with van der Waals surface area (Å²) in [5, 5.41) is 29.6. The van der Waals surface area contributed by atoms with E-state index in [2.05, 4.69) is 15.0 Å². The number of rotatable bonds is 6. The molecule has 3 aromatic rings. The van der Waals surface area contributed by atoms with Gasteiger partial charge in [-0.1, -0.05) is 29.8 Å². The van der Waals surface area contributed by atoms with Gasteiger partial charge in [0.15, 0.2) is 23.2 Å². The Morgan fingerprint density at radius 1 is 1.17 bits per heavy atom. The molecule has 0 saturated carbocycles. The fraction of sp³-hybridized carbons (Fsp3) is 0.421. The Morgan fingerprint density at radius 2 is 1.93 bits per heavy atom. The highest BCUT2D eigenvalue weighted by Gasteiger charge is 2.44. The molecule has 2 aromatic heterocycles. The molecule has 4 rings (SSSR count). The maximum absolute atomic E-state index is 10.3. The number of imidazole rings is 1. The summed E-state index contributed by atoms with van der Waals surface area (Å²) in [6.45, 7) is 1.96. The molecular weight excluding hydrogens is 378 g/mol. The monoisotopic (exact) mass is 401 g/mol. The first-order valence-corrected chi connectivity index (χ1v) is 9.28. The SMILES string of the molecule is Cc1ccc(CCOc2nc(N)c3ncn([C@@H]4O[C@H](CO)C(O)[C@@H]4O)c3n2)cc1. The molecule has 1 unspecified atom stereocenters. The van der Waals surface area contributed by atoms with E-state index in [1.165, 1.54) is 16.5 Å². The van der Waals surface area contributed by atoms with E-state index >= 15 is 0 Å². The molecule has 1 saturated heterocycles. The maximum Gasteiger partial charge on any atom is 0.320 e. The Labute approximate surface area is 166 Å². The summed E-state index contributed by atoms with van der Waals surface area (Å²) < 4.78 is 12.7. The van der Waals surface area contributed by atoms with Crippen LogP contribution in [0.15, 0.2) is 30.6 Å². The zero-order valence-corrected chi connectivity index (χ0v) is 15.8. The highest BCUT2D eigenvalue weighted by molar-refractivity contribution is 5.82. The number of aromatic nitrogens is 4. The minimum atomic E-state index is -1.26. The minimum Gasteiger partial charge on any atom is -0.463 e. The molecule has 4 atom stereocenters. The van der Waals surface area contributed by atoms with Gasteiger partial charge in [-0.15, -0.1) is 0 Å². The van der Waals surface area contributed by atoms with Crippen molar-refractivity contribution in [2.45, 2.75) is 37.9 Å². The number of benzene rings is 1. The highest BCUT2D eigenvalue weighted by Crippen LogP contribution is 2.32. The lowest BCUT2D eigenvalue weighted by atomic mass is 10.1. The van der Waals surface area contributed by atoms with Crippen molar-refractivity contribution < 1.29 is 24.8 Å². The molecule has 10 heteroatoms. The number of aliphatic hydroxyl groups excluding tert-OH is 3. The van der Waals surface area contributed by atoms with Gasteiger partial charge in [0.25, 0.3) is 0 Å². The third-order valence-electron chi connectivity index (χ3n) is 4.96. The zero-order chi connectivity index (χ0) is 20.5. The molecule has 1 fully saturated rings. The molecular formula is C19H23N5O5. The number of aryl methyl sites for hydroxylation is 1. The molecule has 29 heavy (non-hydrogen) atoms. The summed E-state index contributed by atoms with van der Waals surface area (Å²) in [6.07, 6.45) is -2.29. The number of hydrogen-bond donors (Lipinski definition) is 4. The predicted octanol–water partition coefficient (Wildman–Crippen LogP) is -0.0501. The minimum absolute atomic E-state index is 0.0793. The van der Waals surface area contributed by atoms with E-state index in [-0.39, 0.29) is 11.8 Å². The largest absolute Gasteiger partial charge is 0.463 e. The Balaban J connectivity index is 1.54. The van der Waals surface area contributed by atoms with Crippen molar-refractivity contribution in [3.63, 3.8) is 0 Å². The Kier molecular flexibility index (Phi) is 5.33. The summed E-state index contributed by atoms with van der Waals surface area (Å²) in [7, 11) is 0. The number of nitrogens with two attached hydrogens (primary N) is 1. The van der Waals surface area contributed by atoms with Crippen molar-refractivity contribution in [2.24, 2.45) is 0 Å². The second-order valence-corrected chi connectivity index (χ2v) is 7.03. The molecule has 1 aliphatic heterocycles. The smallest absolute Gasteiger partial charge is 0.320 e. The molecule has 5 N–H and O–H groups in total. The van der Waals surface area contributed by atoms with Crippen LogP contribution >= 0.6 is 0 Å². The van der Waals surface area contributed by atoms with Gasteiger partial charge in [0, 0.05) is 6.42 Å². The van der Waals surface area contributed by atoms with Crippen molar-refractivity contribution in [3.8, 4) is 6.01 Å². The van der Waals surface area contributed by atoms with E-state index in [1.807, 2.05) is 31.2 Å². The van der Waals surface area contributed by atoms with Crippen LogP contribution in [-0.4, -0.2) is 66.4 Å². The van der Waals surface area contributed by atoms with E-state index in [9.17, 15) is 15.3 Å². The van der Waals surface area contributed by atoms with Gasteiger partial charge in [0.1, 0.15) is 18.3 Å². The average molecular weight is 401 g/mol. The number of nitrogen functional groups attached to an aromatic ring is 1. The van der Waals surface area contributed by atoms with Crippen LogP contribution in [0.5, 0.6) is 6.01 Å². The number of nitrogens with zero attached hydrogens (tertiary/aromatic N) is 4. The molecule has 154 valence electrons. The molecule has 1 aliphatic rings. The van der Waals surface area contributed by atoms with Crippen LogP contribution in [-0.2, 0) is 11.2 Å². The zero-order valence-electron chi connectivity index (χ0n) is 15.8. The van der Waals surface area contributed by atoms with Gasteiger partial charge in [-0.25, -0.2) is 4.98 Å². The lowest BCUT2D eigenvalue weighted by Gasteiger charge is -2.16. The van der Waals surface area contributed by atoms with E-state index in [4.69, 9.17) is 15.2 Å².